The van der Waals surface area contributed by atoms with Crippen LogP contribution in [0.4, 0.5) is 0 Å². The van der Waals surface area contributed by atoms with E-state index in [4.69, 9.17) is 21.1 Å². The monoisotopic (exact) mass is 283 g/mol. The number of nitrogens with one attached hydrogen (secondary N) is 1. The van der Waals surface area contributed by atoms with Crippen molar-refractivity contribution >= 4 is 17.2 Å². The van der Waals surface area contributed by atoms with Crippen LogP contribution in [0.3, 0.4) is 0 Å². The number of hydrogen-bond donors (Lipinski definition) is 1. The first-order chi connectivity index (χ1) is 9.13. The van der Waals surface area contributed by atoms with Crippen LogP contribution in [0.1, 0.15) is 12.6 Å². The smallest absolute Gasteiger partial charge is 0.171 e. The van der Waals surface area contributed by atoms with Gasteiger partial charge in [0, 0.05) is 33.2 Å². The zero-order valence-corrected chi connectivity index (χ0v) is 12.0. The van der Waals surface area contributed by atoms with E-state index in [1.165, 1.54) is 0 Å². The molecule has 0 radical (unpaired) electrons. The fourth-order valence-electron chi connectivity index (χ4n) is 1.97. The minimum Gasteiger partial charge on any atom is -0.354 e. The highest BCUT2D eigenvalue weighted by molar-refractivity contribution is 6.30. The number of fused-ring (bicyclic) bond motifs is 1. The summed E-state index contributed by atoms with van der Waals surface area (Å²) in [5.41, 5.74) is 1.82. The quantitative estimate of drug-likeness (QED) is 0.825. The number of hydrogen-bond acceptors (Lipinski definition) is 4. The normalized spacial score (nSPS) is 13.3. The SMILES string of the molecule is COC(OC)C(C)NCc1cn2cc(Cl)ccc2n1. The summed E-state index contributed by atoms with van der Waals surface area (Å²) in [7, 11) is 3.25. The first-order valence-electron chi connectivity index (χ1n) is 6.06. The lowest BCUT2D eigenvalue weighted by atomic mass is 10.3. The predicted molar refractivity (Wildman–Crippen MR) is 74.3 cm³/mol. The van der Waals surface area contributed by atoms with E-state index < -0.39 is 0 Å². The highest BCUT2D eigenvalue weighted by Gasteiger charge is 2.15. The third-order valence-corrected chi connectivity index (χ3v) is 3.17. The van der Waals surface area contributed by atoms with Crippen LogP contribution >= 0.6 is 11.6 Å². The van der Waals surface area contributed by atoms with Crippen molar-refractivity contribution in [2.75, 3.05) is 14.2 Å². The first-order valence-corrected chi connectivity index (χ1v) is 6.44. The fraction of sp³-hybridized carbons (Fsp3) is 0.462. The van der Waals surface area contributed by atoms with Gasteiger partial charge in [-0.25, -0.2) is 4.98 Å². The van der Waals surface area contributed by atoms with Crippen molar-refractivity contribution in [1.29, 1.82) is 0 Å². The Balaban J connectivity index is 2.01. The molecule has 0 aromatic carbocycles. The van der Waals surface area contributed by atoms with Crippen molar-refractivity contribution in [3.63, 3.8) is 0 Å². The first kappa shape index (κ1) is 14.3. The summed E-state index contributed by atoms with van der Waals surface area (Å²) in [5, 5.41) is 4.01. The molecule has 0 bridgehead atoms. The molecule has 0 fully saturated rings. The molecule has 1 unspecified atom stereocenters. The Morgan fingerprint density at radius 2 is 2.05 bits per heavy atom. The van der Waals surface area contributed by atoms with Crippen LogP contribution in [-0.4, -0.2) is 35.9 Å². The van der Waals surface area contributed by atoms with Crippen molar-refractivity contribution in [2.45, 2.75) is 25.8 Å². The van der Waals surface area contributed by atoms with Gasteiger partial charge in [0.25, 0.3) is 0 Å². The lowest BCUT2D eigenvalue weighted by molar-refractivity contribution is -0.119. The molecular formula is C13H18ClN3O2. The highest BCUT2D eigenvalue weighted by Crippen LogP contribution is 2.12. The minimum atomic E-state index is -0.272. The van der Waals surface area contributed by atoms with Gasteiger partial charge in [-0.15, -0.1) is 0 Å². The van der Waals surface area contributed by atoms with E-state index in [1.54, 1.807) is 14.2 Å². The van der Waals surface area contributed by atoms with E-state index in [9.17, 15) is 0 Å². The minimum absolute atomic E-state index is 0.0726. The molecule has 0 aliphatic heterocycles. The van der Waals surface area contributed by atoms with Crippen LogP contribution in [0.2, 0.25) is 5.02 Å². The van der Waals surface area contributed by atoms with Gasteiger partial charge in [-0.1, -0.05) is 11.6 Å². The van der Waals surface area contributed by atoms with Gasteiger partial charge in [0.05, 0.1) is 16.8 Å². The number of imidazole rings is 1. The summed E-state index contributed by atoms with van der Waals surface area (Å²) in [6.07, 6.45) is 3.52. The largest absolute Gasteiger partial charge is 0.354 e. The Hall–Kier alpha value is -1.14. The molecule has 0 aliphatic carbocycles. The second-order valence-electron chi connectivity index (χ2n) is 4.35. The molecule has 104 valence electrons. The maximum atomic E-state index is 5.94. The van der Waals surface area contributed by atoms with Crippen molar-refractivity contribution in [3.05, 3.63) is 35.2 Å². The van der Waals surface area contributed by atoms with Crippen molar-refractivity contribution in [1.82, 2.24) is 14.7 Å². The molecule has 5 nitrogen and oxygen atoms in total. The topological polar surface area (TPSA) is 47.8 Å². The molecule has 2 heterocycles. The Morgan fingerprint density at radius 1 is 1.32 bits per heavy atom. The van der Waals surface area contributed by atoms with Crippen molar-refractivity contribution in [2.24, 2.45) is 0 Å². The molecule has 0 saturated heterocycles. The summed E-state index contributed by atoms with van der Waals surface area (Å²) in [4.78, 5) is 4.50. The maximum Gasteiger partial charge on any atom is 0.171 e. The van der Waals surface area contributed by atoms with E-state index in [0.29, 0.717) is 11.6 Å². The van der Waals surface area contributed by atoms with Gasteiger partial charge in [-0.05, 0) is 19.1 Å². The summed E-state index contributed by atoms with van der Waals surface area (Å²) in [6.45, 7) is 2.65. The molecule has 0 saturated carbocycles. The summed E-state index contributed by atoms with van der Waals surface area (Å²) >= 11 is 5.94. The number of pyridine rings is 1. The zero-order chi connectivity index (χ0) is 13.8. The Labute approximate surface area is 117 Å². The molecule has 0 aliphatic rings. The van der Waals surface area contributed by atoms with Gasteiger partial charge in [0.15, 0.2) is 6.29 Å². The van der Waals surface area contributed by atoms with E-state index in [1.807, 2.05) is 35.9 Å². The van der Waals surface area contributed by atoms with Crippen LogP contribution in [0, 0.1) is 0 Å². The van der Waals surface area contributed by atoms with Crippen LogP contribution in [0.5, 0.6) is 0 Å². The summed E-state index contributed by atoms with van der Waals surface area (Å²) in [5.74, 6) is 0. The standard InChI is InChI=1S/C13H18ClN3O2/c1-9(13(18-2)19-3)15-6-11-8-17-7-10(14)4-5-12(17)16-11/h4-5,7-9,13,15H,6H2,1-3H3. The van der Waals surface area contributed by atoms with E-state index in [0.717, 1.165) is 11.3 Å². The molecule has 1 atom stereocenters. The van der Waals surface area contributed by atoms with Gasteiger partial charge in [0.1, 0.15) is 5.65 Å². The summed E-state index contributed by atoms with van der Waals surface area (Å²) < 4.78 is 12.3. The number of halogens is 1. The predicted octanol–water partition coefficient (Wildman–Crippen LogP) is 2.08. The molecule has 6 heteroatoms. The lowest BCUT2D eigenvalue weighted by Gasteiger charge is -2.21. The van der Waals surface area contributed by atoms with Crippen LogP contribution < -0.4 is 5.32 Å². The fourth-order valence-corrected chi connectivity index (χ4v) is 2.14. The molecule has 19 heavy (non-hydrogen) atoms. The van der Waals surface area contributed by atoms with Gasteiger partial charge < -0.3 is 19.2 Å². The molecular weight excluding hydrogens is 266 g/mol. The molecule has 2 aromatic rings. The molecule has 2 aromatic heterocycles. The average Bonchev–Trinajstić information content (AvgIpc) is 2.79. The lowest BCUT2D eigenvalue weighted by Crippen LogP contribution is -2.39. The number of rotatable bonds is 6. The van der Waals surface area contributed by atoms with E-state index >= 15 is 0 Å². The Morgan fingerprint density at radius 3 is 2.74 bits per heavy atom. The van der Waals surface area contributed by atoms with Gasteiger partial charge in [0.2, 0.25) is 0 Å². The molecule has 0 spiro atoms. The number of methoxy groups -OCH3 is 2. The second kappa shape index (κ2) is 6.34. The second-order valence-corrected chi connectivity index (χ2v) is 4.79. The third-order valence-electron chi connectivity index (χ3n) is 2.94. The summed E-state index contributed by atoms with van der Waals surface area (Å²) in [6, 6.07) is 3.79. The van der Waals surface area contributed by atoms with Crippen LogP contribution in [0.15, 0.2) is 24.5 Å². The number of nitrogens with zero attached hydrogens (tertiary/aromatic N) is 2. The van der Waals surface area contributed by atoms with Gasteiger partial charge in [-0.3, -0.25) is 0 Å². The van der Waals surface area contributed by atoms with Crippen molar-refractivity contribution in [3.8, 4) is 0 Å². The van der Waals surface area contributed by atoms with E-state index in [2.05, 4.69) is 10.3 Å². The van der Waals surface area contributed by atoms with Gasteiger partial charge in [-0.2, -0.15) is 0 Å². The number of ether oxygens (including phenoxy) is 2. The Bertz CT molecular complexity index is 540. The molecule has 0 amide bonds. The average molecular weight is 284 g/mol. The highest BCUT2D eigenvalue weighted by atomic mass is 35.5. The van der Waals surface area contributed by atoms with Crippen molar-refractivity contribution < 1.29 is 9.47 Å². The van der Waals surface area contributed by atoms with Crippen LogP contribution in [-0.2, 0) is 16.0 Å². The number of aromatic nitrogens is 2. The van der Waals surface area contributed by atoms with Gasteiger partial charge >= 0.3 is 0 Å². The molecule has 2 rings (SSSR count). The van der Waals surface area contributed by atoms with E-state index in [-0.39, 0.29) is 12.3 Å². The molecule has 1 N–H and O–H groups in total. The maximum absolute atomic E-state index is 5.94. The third kappa shape index (κ3) is 3.45. The van der Waals surface area contributed by atoms with Crippen LogP contribution in [0.25, 0.3) is 5.65 Å². The Kier molecular flexibility index (Phi) is 4.76. The zero-order valence-electron chi connectivity index (χ0n) is 11.3.